The van der Waals surface area contributed by atoms with Crippen LogP contribution in [0.5, 0.6) is 0 Å². The van der Waals surface area contributed by atoms with Gasteiger partial charge >= 0.3 is 23.9 Å². The number of aliphatic carboxylic acids is 1. The van der Waals surface area contributed by atoms with Gasteiger partial charge in [0.1, 0.15) is 0 Å². The molecule has 8 heteroatoms. The second-order valence-corrected chi connectivity index (χ2v) is 5.13. The molecule has 0 radical (unpaired) electrons. The number of carbonyl (C=O) groups excluding carboxylic acids is 3. The van der Waals surface area contributed by atoms with Crippen molar-refractivity contribution in [1.29, 1.82) is 0 Å². The first kappa shape index (κ1) is 19.9. The highest BCUT2D eigenvalue weighted by Crippen LogP contribution is 2.05. The third-order valence-corrected chi connectivity index (χ3v) is 2.37. The van der Waals surface area contributed by atoms with Crippen LogP contribution in [0.1, 0.15) is 40.5 Å². The summed E-state index contributed by atoms with van der Waals surface area (Å²) in [5.41, 5.74) is 0. The summed E-state index contributed by atoms with van der Waals surface area (Å²) >= 11 is 0. The minimum atomic E-state index is -1.23. The van der Waals surface area contributed by atoms with E-state index in [2.05, 4.69) is 0 Å². The Morgan fingerprint density at radius 3 is 1.91 bits per heavy atom. The topological polar surface area (TPSA) is 116 Å². The molecule has 0 aliphatic carbocycles. The van der Waals surface area contributed by atoms with Crippen LogP contribution in [0.3, 0.4) is 0 Å². The summed E-state index contributed by atoms with van der Waals surface area (Å²) in [5, 5.41) is 8.42. The number of hydrogen-bond acceptors (Lipinski definition) is 7. The molecular weight excluding hydrogens is 296 g/mol. The average Bonchev–Trinajstić information content (AvgIpc) is 2.41. The summed E-state index contributed by atoms with van der Waals surface area (Å²) in [6, 6.07) is 0. The maximum absolute atomic E-state index is 11.6. The van der Waals surface area contributed by atoms with Crippen LogP contribution in [0.25, 0.3) is 0 Å². The highest BCUT2D eigenvalue weighted by Gasteiger charge is 2.25. The van der Waals surface area contributed by atoms with Gasteiger partial charge in [-0.15, -0.1) is 0 Å². The van der Waals surface area contributed by atoms with Gasteiger partial charge in [0.25, 0.3) is 0 Å². The summed E-state index contributed by atoms with van der Waals surface area (Å²) in [6.45, 7) is 6.55. The molecule has 0 bridgehead atoms. The van der Waals surface area contributed by atoms with Crippen molar-refractivity contribution in [2.24, 2.45) is 5.92 Å². The number of carboxylic acids is 1. The lowest BCUT2D eigenvalue weighted by molar-refractivity contribution is -0.177. The van der Waals surface area contributed by atoms with Crippen LogP contribution in [-0.4, -0.2) is 47.8 Å². The normalized spacial score (nSPS) is 13.1. The van der Waals surface area contributed by atoms with Crippen molar-refractivity contribution in [2.45, 2.75) is 52.7 Å². The van der Waals surface area contributed by atoms with E-state index in [-0.39, 0.29) is 18.9 Å². The molecule has 22 heavy (non-hydrogen) atoms. The lowest BCUT2D eigenvalue weighted by atomic mass is 10.2. The fourth-order valence-electron chi connectivity index (χ4n) is 1.20. The fourth-order valence-corrected chi connectivity index (χ4v) is 1.20. The van der Waals surface area contributed by atoms with E-state index in [1.165, 1.54) is 13.8 Å². The lowest BCUT2D eigenvalue weighted by Crippen LogP contribution is -2.33. The van der Waals surface area contributed by atoms with E-state index in [1.54, 1.807) is 0 Å². The zero-order chi connectivity index (χ0) is 17.3. The number of hydrogen-bond donors (Lipinski definition) is 1. The maximum atomic E-state index is 11.6. The summed E-state index contributed by atoms with van der Waals surface area (Å²) in [6.07, 6.45) is -3.09. The van der Waals surface area contributed by atoms with Gasteiger partial charge in [-0.3, -0.25) is 9.59 Å². The molecule has 8 nitrogen and oxygen atoms in total. The summed E-state index contributed by atoms with van der Waals surface area (Å²) in [7, 11) is 0. The van der Waals surface area contributed by atoms with Crippen molar-refractivity contribution in [2.75, 3.05) is 6.61 Å². The zero-order valence-corrected chi connectivity index (χ0v) is 13.2. The van der Waals surface area contributed by atoms with Crippen LogP contribution in [0.15, 0.2) is 0 Å². The molecular formula is C14H22O8. The van der Waals surface area contributed by atoms with Gasteiger partial charge in [-0.2, -0.15) is 0 Å². The summed E-state index contributed by atoms with van der Waals surface area (Å²) in [5.74, 6) is -3.42. The van der Waals surface area contributed by atoms with E-state index < -0.39 is 42.5 Å². The average molecular weight is 318 g/mol. The SMILES string of the molecule is CC(C)COC(=O)C(C)OC(=O)C(C)OC(=O)CCC(=O)O. The minimum Gasteiger partial charge on any atom is -0.481 e. The van der Waals surface area contributed by atoms with Crippen LogP contribution in [0.2, 0.25) is 0 Å². The third kappa shape index (κ3) is 8.93. The maximum Gasteiger partial charge on any atom is 0.347 e. The van der Waals surface area contributed by atoms with Gasteiger partial charge in [0.15, 0.2) is 12.2 Å². The van der Waals surface area contributed by atoms with E-state index in [0.717, 1.165) is 0 Å². The second-order valence-electron chi connectivity index (χ2n) is 5.13. The zero-order valence-electron chi connectivity index (χ0n) is 13.2. The van der Waals surface area contributed by atoms with E-state index >= 15 is 0 Å². The molecule has 0 fully saturated rings. The quantitative estimate of drug-likeness (QED) is 0.492. The van der Waals surface area contributed by atoms with E-state index in [1.807, 2.05) is 13.8 Å². The molecule has 0 aromatic rings. The Morgan fingerprint density at radius 2 is 1.41 bits per heavy atom. The van der Waals surface area contributed by atoms with Crippen LogP contribution in [0.4, 0.5) is 0 Å². The fraction of sp³-hybridized carbons (Fsp3) is 0.714. The molecule has 0 rings (SSSR count). The number of ether oxygens (including phenoxy) is 3. The van der Waals surface area contributed by atoms with Crippen LogP contribution in [0, 0.1) is 5.92 Å². The molecule has 2 atom stereocenters. The molecule has 0 aromatic carbocycles. The van der Waals surface area contributed by atoms with Gasteiger partial charge in [0.05, 0.1) is 19.4 Å². The number of rotatable bonds is 9. The molecule has 0 saturated carbocycles. The third-order valence-electron chi connectivity index (χ3n) is 2.37. The summed E-state index contributed by atoms with van der Waals surface area (Å²) in [4.78, 5) is 44.8. The highest BCUT2D eigenvalue weighted by atomic mass is 16.6. The second kappa shape index (κ2) is 9.75. The van der Waals surface area contributed by atoms with Gasteiger partial charge < -0.3 is 19.3 Å². The first-order valence-corrected chi connectivity index (χ1v) is 6.91. The van der Waals surface area contributed by atoms with E-state index in [4.69, 9.17) is 19.3 Å². The number of carboxylic acid groups (broad SMARTS) is 1. The molecule has 0 amide bonds. The molecule has 0 aromatic heterocycles. The Hall–Kier alpha value is -2.12. The Bertz CT molecular complexity index is 415. The first-order valence-electron chi connectivity index (χ1n) is 6.91. The predicted molar refractivity (Wildman–Crippen MR) is 73.8 cm³/mol. The molecule has 2 unspecified atom stereocenters. The smallest absolute Gasteiger partial charge is 0.347 e. The number of carbonyl (C=O) groups is 4. The molecule has 0 spiro atoms. The van der Waals surface area contributed by atoms with Gasteiger partial charge in [0.2, 0.25) is 0 Å². The molecule has 0 heterocycles. The predicted octanol–water partition coefficient (Wildman–Crippen LogP) is 0.914. The Labute approximate surface area is 128 Å². The van der Waals surface area contributed by atoms with Crippen molar-refractivity contribution in [1.82, 2.24) is 0 Å². The largest absolute Gasteiger partial charge is 0.481 e. The van der Waals surface area contributed by atoms with Crippen LogP contribution in [-0.2, 0) is 33.4 Å². The van der Waals surface area contributed by atoms with Gasteiger partial charge in [-0.1, -0.05) is 13.8 Å². The lowest BCUT2D eigenvalue weighted by Gasteiger charge is -2.17. The van der Waals surface area contributed by atoms with Crippen molar-refractivity contribution in [3.8, 4) is 0 Å². The van der Waals surface area contributed by atoms with Crippen LogP contribution >= 0.6 is 0 Å². The van der Waals surface area contributed by atoms with Crippen LogP contribution < -0.4 is 0 Å². The first-order chi connectivity index (χ1) is 10.1. The Kier molecular flexibility index (Phi) is 8.81. The number of esters is 3. The van der Waals surface area contributed by atoms with Crippen molar-refractivity contribution < 1.29 is 38.5 Å². The van der Waals surface area contributed by atoms with Crippen molar-refractivity contribution >= 4 is 23.9 Å². The van der Waals surface area contributed by atoms with E-state index in [0.29, 0.717) is 0 Å². The van der Waals surface area contributed by atoms with Gasteiger partial charge in [-0.25, -0.2) is 9.59 Å². The minimum absolute atomic E-state index is 0.154. The standard InChI is InChI=1S/C14H22O8/c1-8(2)7-20-13(18)9(3)22-14(19)10(4)21-12(17)6-5-11(15)16/h8-10H,5-7H2,1-4H3,(H,15,16). The molecule has 1 N–H and O–H groups in total. The molecule has 0 aliphatic heterocycles. The van der Waals surface area contributed by atoms with Gasteiger partial charge in [0, 0.05) is 0 Å². The molecule has 0 saturated heterocycles. The highest BCUT2D eigenvalue weighted by molar-refractivity contribution is 5.83. The Morgan fingerprint density at radius 1 is 0.864 bits per heavy atom. The summed E-state index contributed by atoms with van der Waals surface area (Å²) < 4.78 is 14.4. The van der Waals surface area contributed by atoms with Crippen molar-refractivity contribution in [3.63, 3.8) is 0 Å². The Balaban J connectivity index is 4.20. The van der Waals surface area contributed by atoms with E-state index in [9.17, 15) is 19.2 Å². The molecule has 0 aliphatic rings. The van der Waals surface area contributed by atoms with Gasteiger partial charge in [-0.05, 0) is 19.8 Å². The molecule has 126 valence electrons. The van der Waals surface area contributed by atoms with Crippen molar-refractivity contribution in [3.05, 3.63) is 0 Å². The monoisotopic (exact) mass is 318 g/mol.